The first-order valence-corrected chi connectivity index (χ1v) is 8.50. The van der Waals surface area contributed by atoms with Gasteiger partial charge in [0.05, 0.1) is 5.41 Å². The van der Waals surface area contributed by atoms with Gasteiger partial charge in [0.25, 0.3) is 5.92 Å². The lowest BCUT2D eigenvalue weighted by Gasteiger charge is -2.33. The van der Waals surface area contributed by atoms with E-state index in [0.29, 0.717) is 5.56 Å². The first-order chi connectivity index (χ1) is 11.3. The molecule has 0 aliphatic carbocycles. The van der Waals surface area contributed by atoms with Gasteiger partial charge in [-0.25, -0.2) is 8.78 Å². The molecule has 124 valence electrons. The zero-order valence-electron chi connectivity index (χ0n) is 13.8. The van der Waals surface area contributed by atoms with E-state index in [9.17, 15) is 8.78 Å². The van der Waals surface area contributed by atoms with E-state index in [1.54, 1.807) is 24.3 Å². The van der Waals surface area contributed by atoms with Crippen molar-refractivity contribution in [3.05, 3.63) is 47.5 Å². The Morgan fingerprint density at radius 1 is 1.04 bits per heavy atom. The number of benzene rings is 2. The van der Waals surface area contributed by atoms with Crippen LogP contribution in [0.15, 0.2) is 36.4 Å². The summed E-state index contributed by atoms with van der Waals surface area (Å²) in [6.07, 6.45) is 0. The Hall–Kier alpha value is -1.96. The Morgan fingerprint density at radius 2 is 1.67 bits per heavy atom. The summed E-state index contributed by atoms with van der Waals surface area (Å²) >= 11 is 1.64. The van der Waals surface area contributed by atoms with E-state index in [4.69, 9.17) is 5.11 Å². The quantitative estimate of drug-likeness (QED) is 0.637. The molecule has 0 radical (unpaired) electrons. The van der Waals surface area contributed by atoms with Crippen LogP contribution in [-0.4, -0.2) is 17.6 Å². The van der Waals surface area contributed by atoms with Crippen LogP contribution in [0, 0.1) is 11.8 Å². The summed E-state index contributed by atoms with van der Waals surface area (Å²) in [7, 11) is 0. The number of aliphatic hydroxyl groups is 1. The van der Waals surface area contributed by atoms with Crippen molar-refractivity contribution < 1.29 is 13.9 Å². The number of aliphatic hydroxyl groups excluding tert-OH is 1. The Kier molecular flexibility index (Phi) is 4.11. The number of hydrogen-bond acceptors (Lipinski definition) is 2. The van der Waals surface area contributed by atoms with Crippen LogP contribution in [0.2, 0.25) is 0 Å². The van der Waals surface area contributed by atoms with E-state index in [1.165, 1.54) is 13.8 Å². The molecular weight excluding hydrogens is 326 g/mol. The van der Waals surface area contributed by atoms with Crippen LogP contribution in [0.1, 0.15) is 31.9 Å². The second-order valence-electron chi connectivity index (χ2n) is 6.39. The maximum Gasteiger partial charge on any atom is 0.279 e. The molecule has 1 nitrogen and oxygen atoms in total. The molecule has 0 aliphatic rings. The highest BCUT2D eigenvalue weighted by atomic mass is 32.1. The van der Waals surface area contributed by atoms with Gasteiger partial charge in [0.1, 0.15) is 6.61 Å². The molecule has 0 amide bonds. The molecule has 0 saturated heterocycles. The summed E-state index contributed by atoms with van der Waals surface area (Å²) in [6, 6.07) is 11.4. The fourth-order valence-electron chi connectivity index (χ4n) is 2.80. The Bertz CT molecular complexity index is 974. The number of halogens is 2. The highest BCUT2D eigenvalue weighted by molar-refractivity contribution is 7.25. The van der Waals surface area contributed by atoms with Gasteiger partial charge in [0, 0.05) is 25.7 Å². The maximum absolute atomic E-state index is 14.2. The molecule has 1 heterocycles. The van der Waals surface area contributed by atoms with E-state index < -0.39 is 17.9 Å². The van der Waals surface area contributed by atoms with Crippen LogP contribution in [-0.2, 0) is 5.41 Å². The van der Waals surface area contributed by atoms with Crippen LogP contribution >= 0.6 is 11.3 Å². The standard InChI is InChI=1S/C20H18F2OS/c1-4-5-13-6-8-17-15(10-13)16-11-14(7-9-18(16)24-17)19(2,3)20(21,22)12-23/h6-11,23H,12H2,1-3H3. The first-order valence-electron chi connectivity index (χ1n) is 7.68. The van der Waals surface area contributed by atoms with Crippen LogP contribution in [0.3, 0.4) is 0 Å². The number of fused-ring (bicyclic) bond motifs is 3. The van der Waals surface area contributed by atoms with Crippen molar-refractivity contribution in [3.63, 3.8) is 0 Å². The summed E-state index contributed by atoms with van der Waals surface area (Å²) in [5, 5.41) is 11.0. The topological polar surface area (TPSA) is 20.2 Å². The minimum atomic E-state index is -3.19. The second kappa shape index (κ2) is 5.84. The predicted molar refractivity (Wildman–Crippen MR) is 96.9 cm³/mol. The van der Waals surface area contributed by atoms with Gasteiger partial charge >= 0.3 is 0 Å². The number of hydrogen-bond donors (Lipinski definition) is 1. The second-order valence-corrected chi connectivity index (χ2v) is 7.47. The minimum absolute atomic E-state index is 0.515. The molecular formula is C20H18F2OS. The van der Waals surface area contributed by atoms with Crippen molar-refractivity contribution in [3.8, 4) is 11.8 Å². The number of thiophene rings is 1. The molecule has 3 rings (SSSR count). The van der Waals surface area contributed by atoms with Crippen molar-refractivity contribution in [2.75, 3.05) is 6.61 Å². The summed E-state index contributed by atoms with van der Waals surface area (Å²) in [5.74, 6) is 2.72. The Balaban J connectivity index is 2.24. The molecule has 0 unspecified atom stereocenters. The first kappa shape index (κ1) is 16.9. The van der Waals surface area contributed by atoms with Gasteiger partial charge in [-0.05, 0) is 56.7 Å². The van der Waals surface area contributed by atoms with E-state index in [0.717, 1.165) is 25.7 Å². The van der Waals surface area contributed by atoms with E-state index in [2.05, 4.69) is 11.8 Å². The van der Waals surface area contributed by atoms with Gasteiger partial charge in [-0.1, -0.05) is 12.0 Å². The van der Waals surface area contributed by atoms with Crippen molar-refractivity contribution >= 4 is 31.5 Å². The average molecular weight is 344 g/mol. The largest absolute Gasteiger partial charge is 0.390 e. The average Bonchev–Trinajstić information content (AvgIpc) is 2.92. The molecule has 0 bridgehead atoms. The van der Waals surface area contributed by atoms with Crippen LogP contribution < -0.4 is 0 Å². The van der Waals surface area contributed by atoms with Crippen LogP contribution in [0.25, 0.3) is 20.2 Å². The van der Waals surface area contributed by atoms with Crippen molar-refractivity contribution in [1.29, 1.82) is 0 Å². The molecule has 0 saturated carbocycles. The zero-order valence-corrected chi connectivity index (χ0v) is 14.6. The number of rotatable bonds is 3. The molecule has 0 fully saturated rings. The lowest BCUT2D eigenvalue weighted by Crippen LogP contribution is -2.43. The number of alkyl halides is 2. The molecule has 0 spiro atoms. The van der Waals surface area contributed by atoms with Gasteiger partial charge in [0.15, 0.2) is 0 Å². The highest BCUT2D eigenvalue weighted by Crippen LogP contribution is 2.42. The highest BCUT2D eigenvalue weighted by Gasteiger charge is 2.47. The van der Waals surface area contributed by atoms with Gasteiger partial charge in [0.2, 0.25) is 0 Å². The van der Waals surface area contributed by atoms with Crippen molar-refractivity contribution in [2.24, 2.45) is 0 Å². The summed E-state index contributed by atoms with van der Waals surface area (Å²) in [6.45, 7) is 3.55. The molecule has 2 aromatic carbocycles. The zero-order chi connectivity index (χ0) is 17.5. The fraction of sp³-hybridized carbons (Fsp3) is 0.300. The smallest absolute Gasteiger partial charge is 0.279 e. The molecule has 24 heavy (non-hydrogen) atoms. The molecule has 0 atom stereocenters. The molecule has 4 heteroatoms. The lowest BCUT2D eigenvalue weighted by atomic mass is 9.78. The molecule has 1 aromatic heterocycles. The third-order valence-electron chi connectivity index (χ3n) is 4.57. The Morgan fingerprint density at radius 3 is 2.29 bits per heavy atom. The molecule has 0 aliphatic heterocycles. The molecule has 1 N–H and O–H groups in total. The minimum Gasteiger partial charge on any atom is -0.390 e. The van der Waals surface area contributed by atoms with Gasteiger partial charge in [-0.3, -0.25) is 0 Å². The molecule has 3 aromatic rings. The predicted octanol–water partition coefficient (Wildman–Crippen LogP) is 5.33. The summed E-state index contributed by atoms with van der Waals surface area (Å²) in [4.78, 5) is 0. The van der Waals surface area contributed by atoms with E-state index >= 15 is 0 Å². The van der Waals surface area contributed by atoms with Crippen LogP contribution in [0.5, 0.6) is 0 Å². The SMILES string of the molecule is CC#Cc1ccc2sc3ccc(C(C)(C)C(F)(F)CO)cc3c2c1. The van der Waals surface area contributed by atoms with Crippen molar-refractivity contribution in [1.82, 2.24) is 0 Å². The maximum atomic E-state index is 14.2. The Labute approximate surface area is 143 Å². The monoisotopic (exact) mass is 344 g/mol. The fourth-order valence-corrected chi connectivity index (χ4v) is 3.86. The lowest BCUT2D eigenvalue weighted by molar-refractivity contribution is -0.103. The van der Waals surface area contributed by atoms with Crippen molar-refractivity contribution in [2.45, 2.75) is 32.1 Å². The summed E-state index contributed by atoms with van der Waals surface area (Å²) < 4.78 is 30.5. The third kappa shape index (κ3) is 2.58. The summed E-state index contributed by atoms with van der Waals surface area (Å²) in [5.41, 5.74) is -0.0267. The van der Waals surface area contributed by atoms with E-state index in [-0.39, 0.29) is 0 Å². The third-order valence-corrected chi connectivity index (χ3v) is 5.73. The van der Waals surface area contributed by atoms with E-state index in [1.807, 2.05) is 30.3 Å². The van der Waals surface area contributed by atoms with Crippen LogP contribution in [0.4, 0.5) is 8.78 Å². The van der Waals surface area contributed by atoms with Gasteiger partial charge < -0.3 is 5.11 Å². The van der Waals surface area contributed by atoms with Gasteiger partial charge in [-0.2, -0.15) is 0 Å². The normalized spacial score (nSPS) is 12.4. The van der Waals surface area contributed by atoms with Gasteiger partial charge in [-0.15, -0.1) is 17.3 Å².